The summed E-state index contributed by atoms with van der Waals surface area (Å²) < 4.78 is 15.8. The number of H-pyrrole nitrogens is 1. The Balaban J connectivity index is 1.89. The van der Waals surface area contributed by atoms with Gasteiger partial charge in [-0.2, -0.15) is 10.2 Å². The molecule has 0 spiro atoms. The first-order chi connectivity index (χ1) is 13.6. The summed E-state index contributed by atoms with van der Waals surface area (Å²) in [5.41, 5.74) is 2.60. The molecule has 0 fully saturated rings. The average molecular weight is 382 g/mol. The lowest BCUT2D eigenvalue weighted by molar-refractivity contribution is 0.0951. The maximum atomic E-state index is 12.5. The van der Waals surface area contributed by atoms with Crippen molar-refractivity contribution in [3.8, 4) is 17.2 Å². The van der Waals surface area contributed by atoms with Crippen molar-refractivity contribution in [1.82, 2.24) is 15.6 Å². The van der Waals surface area contributed by atoms with E-state index in [4.69, 9.17) is 14.2 Å². The van der Waals surface area contributed by atoms with Crippen LogP contribution in [0.5, 0.6) is 17.2 Å². The first-order valence-electron chi connectivity index (χ1n) is 8.20. The fraction of sp³-hybridized carbons (Fsp3) is 0.158. The number of carbonyl (C=O) groups excluding carboxylic acids is 1. The molecule has 1 heterocycles. The maximum absolute atomic E-state index is 12.5. The molecule has 9 nitrogen and oxygen atoms in total. The SMILES string of the molecule is COc1cc(OC)c(/C=N/NC(=O)c2n[nH]c(=O)c3ccccc23)c(OC)c1. The van der Waals surface area contributed by atoms with E-state index >= 15 is 0 Å². The van der Waals surface area contributed by atoms with Gasteiger partial charge in [0.2, 0.25) is 0 Å². The second-order valence-corrected chi connectivity index (χ2v) is 5.59. The molecule has 1 aromatic heterocycles. The van der Waals surface area contributed by atoms with Gasteiger partial charge in [0, 0.05) is 17.5 Å². The first-order valence-corrected chi connectivity index (χ1v) is 8.20. The van der Waals surface area contributed by atoms with Gasteiger partial charge in [0.25, 0.3) is 11.5 Å². The molecule has 0 atom stereocenters. The number of carbonyl (C=O) groups is 1. The Bertz CT molecular complexity index is 1080. The molecule has 0 saturated carbocycles. The van der Waals surface area contributed by atoms with Gasteiger partial charge >= 0.3 is 0 Å². The molecule has 2 N–H and O–H groups in total. The summed E-state index contributed by atoms with van der Waals surface area (Å²) in [6.07, 6.45) is 1.39. The number of aromatic amines is 1. The van der Waals surface area contributed by atoms with E-state index in [0.717, 1.165) is 0 Å². The lowest BCUT2D eigenvalue weighted by Gasteiger charge is -2.12. The number of rotatable bonds is 6. The van der Waals surface area contributed by atoms with Crippen molar-refractivity contribution >= 4 is 22.9 Å². The Morgan fingerprint density at radius 3 is 2.32 bits per heavy atom. The van der Waals surface area contributed by atoms with Crippen LogP contribution in [0.25, 0.3) is 10.8 Å². The second kappa shape index (κ2) is 8.21. The third-order valence-electron chi connectivity index (χ3n) is 4.02. The Labute approximate surface area is 159 Å². The van der Waals surface area contributed by atoms with Gasteiger partial charge in [-0.15, -0.1) is 0 Å². The molecule has 1 amide bonds. The Kier molecular flexibility index (Phi) is 5.54. The molecule has 0 unspecified atom stereocenters. The first kappa shape index (κ1) is 18.9. The molecule has 0 aliphatic rings. The van der Waals surface area contributed by atoms with E-state index in [0.29, 0.717) is 33.6 Å². The zero-order valence-corrected chi connectivity index (χ0v) is 15.5. The number of hydrogen-bond donors (Lipinski definition) is 2. The third kappa shape index (κ3) is 3.63. The van der Waals surface area contributed by atoms with E-state index in [2.05, 4.69) is 20.7 Å². The molecule has 3 aromatic rings. The highest BCUT2D eigenvalue weighted by Crippen LogP contribution is 2.32. The van der Waals surface area contributed by atoms with Gasteiger partial charge in [0.1, 0.15) is 17.2 Å². The highest BCUT2D eigenvalue weighted by Gasteiger charge is 2.14. The number of fused-ring (bicyclic) bond motifs is 1. The minimum atomic E-state index is -0.574. The van der Waals surface area contributed by atoms with Crippen LogP contribution in [-0.4, -0.2) is 43.6 Å². The molecule has 0 aliphatic carbocycles. The van der Waals surface area contributed by atoms with E-state index in [1.165, 1.54) is 27.5 Å². The van der Waals surface area contributed by atoms with Crippen LogP contribution >= 0.6 is 0 Å². The summed E-state index contributed by atoms with van der Waals surface area (Å²) in [6, 6.07) is 10.0. The molecule has 28 heavy (non-hydrogen) atoms. The van der Waals surface area contributed by atoms with E-state index in [9.17, 15) is 9.59 Å². The van der Waals surface area contributed by atoms with Crippen molar-refractivity contribution < 1.29 is 19.0 Å². The molecule has 2 aromatic carbocycles. The normalized spacial score (nSPS) is 10.8. The fourth-order valence-electron chi connectivity index (χ4n) is 2.66. The summed E-state index contributed by atoms with van der Waals surface area (Å²) in [7, 11) is 4.53. The summed E-state index contributed by atoms with van der Waals surface area (Å²) in [5, 5.41) is 10.9. The summed E-state index contributed by atoms with van der Waals surface area (Å²) in [5.74, 6) is 0.901. The number of hydrazone groups is 1. The van der Waals surface area contributed by atoms with Crippen LogP contribution in [-0.2, 0) is 0 Å². The van der Waals surface area contributed by atoms with Gasteiger partial charge in [-0.1, -0.05) is 18.2 Å². The van der Waals surface area contributed by atoms with E-state index < -0.39 is 5.91 Å². The molecule has 0 saturated heterocycles. The lowest BCUT2D eigenvalue weighted by Crippen LogP contribution is -2.22. The second-order valence-electron chi connectivity index (χ2n) is 5.59. The maximum Gasteiger partial charge on any atom is 0.292 e. The van der Waals surface area contributed by atoms with Crippen LogP contribution in [0, 0.1) is 0 Å². The number of methoxy groups -OCH3 is 3. The predicted octanol–water partition coefficient (Wildman–Crippen LogP) is 1.71. The van der Waals surface area contributed by atoms with Crippen LogP contribution in [0.3, 0.4) is 0 Å². The summed E-state index contributed by atoms with van der Waals surface area (Å²) in [6.45, 7) is 0. The number of nitrogens with zero attached hydrogens (tertiary/aromatic N) is 2. The molecule has 3 rings (SSSR count). The molecule has 0 aliphatic heterocycles. The monoisotopic (exact) mass is 382 g/mol. The Morgan fingerprint density at radius 2 is 1.71 bits per heavy atom. The van der Waals surface area contributed by atoms with Crippen molar-refractivity contribution in [2.45, 2.75) is 0 Å². The van der Waals surface area contributed by atoms with E-state index in [1.54, 1.807) is 36.4 Å². The number of hydrogen-bond acceptors (Lipinski definition) is 7. The number of nitrogens with one attached hydrogen (secondary N) is 2. The average Bonchev–Trinajstić information content (AvgIpc) is 2.73. The van der Waals surface area contributed by atoms with Crippen LogP contribution < -0.4 is 25.2 Å². The van der Waals surface area contributed by atoms with Gasteiger partial charge in [0.05, 0.1) is 38.5 Å². The molecule has 0 bridgehead atoms. The number of benzene rings is 2. The van der Waals surface area contributed by atoms with E-state index in [1.807, 2.05) is 0 Å². The quantitative estimate of drug-likeness (QED) is 0.495. The van der Waals surface area contributed by atoms with Crippen LogP contribution in [0.4, 0.5) is 0 Å². The van der Waals surface area contributed by atoms with Crippen LogP contribution in [0.2, 0.25) is 0 Å². The molecular formula is C19H18N4O5. The number of amides is 1. The van der Waals surface area contributed by atoms with Crippen molar-refractivity contribution in [3.05, 3.63) is 58.0 Å². The number of ether oxygens (including phenoxy) is 3. The zero-order chi connectivity index (χ0) is 20.1. The highest BCUT2D eigenvalue weighted by atomic mass is 16.5. The number of aromatic nitrogens is 2. The molecule has 0 radical (unpaired) electrons. The third-order valence-corrected chi connectivity index (χ3v) is 4.02. The Hall–Kier alpha value is -3.88. The predicted molar refractivity (Wildman–Crippen MR) is 104 cm³/mol. The van der Waals surface area contributed by atoms with Crippen molar-refractivity contribution in [2.75, 3.05) is 21.3 Å². The molecular weight excluding hydrogens is 364 g/mol. The Morgan fingerprint density at radius 1 is 1.07 bits per heavy atom. The summed E-state index contributed by atoms with van der Waals surface area (Å²) >= 11 is 0. The van der Waals surface area contributed by atoms with Gasteiger partial charge < -0.3 is 14.2 Å². The standard InChI is InChI=1S/C19H18N4O5/c1-26-11-8-15(27-2)14(16(9-11)28-3)10-20-22-19(25)17-12-6-4-5-7-13(12)18(24)23-21-17/h4-10H,1-3H3,(H,22,25)(H,23,24)/b20-10+. The fourth-order valence-corrected chi connectivity index (χ4v) is 2.66. The van der Waals surface area contributed by atoms with Gasteiger partial charge in [-0.05, 0) is 6.07 Å². The minimum Gasteiger partial charge on any atom is -0.496 e. The smallest absolute Gasteiger partial charge is 0.292 e. The van der Waals surface area contributed by atoms with E-state index in [-0.39, 0.29) is 11.3 Å². The lowest BCUT2D eigenvalue weighted by atomic mass is 10.1. The van der Waals surface area contributed by atoms with Crippen molar-refractivity contribution in [1.29, 1.82) is 0 Å². The molecule has 144 valence electrons. The van der Waals surface area contributed by atoms with Gasteiger partial charge in [-0.3, -0.25) is 9.59 Å². The van der Waals surface area contributed by atoms with Gasteiger partial charge in [-0.25, -0.2) is 10.5 Å². The van der Waals surface area contributed by atoms with Gasteiger partial charge in [0.15, 0.2) is 5.69 Å². The minimum absolute atomic E-state index is 0.0565. The largest absolute Gasteiger partial charge is 0.496 e. The molecule has 9 heteroatoms. The topological polar surface area (TPSA) is 115 Å². The van der Waals surface area contributed by atoms with Crippen molar-refractivity contribution in [2.24, 2.45) is 5.10 Å². The summed E-state index contributed by atoms with van der Waals surface area (Å²) in [4.78, 5) is 24.3. The zero-order valence-electron chi connectivity index (χ0n) is 15.5. The highest BCUT2D eigenvalue weighted by molar-refractivity contribution is 6.05. The van der Waals surface area contributed by atoms with Crippen molar-refractivity contribution in [3.63, 3.8) is 0 Å². The van der Waals surface area contributed by atoms with Crippen LogP contribution in [0.1, 0.15) is 16.1 Å². The van der Waals surface area contributed by atoms with Crippen LogP contribution in [0.15, 0.2) is 46.3 Å².